The first-order valence-electron chi connectivity index (χ1n) is 11.5. The van der Waals surface area contributed by atoms with Gasteiger partial charge in [0.15, 0.2) is 0 Å². The van der Waals surface area contributed by atoms with Crippen LogP contribution in [0.25, 0.3) is 4.91 Å². The molecule has 0 aliphatic heterocycles. The van der Waals surface area contributed by atoms with Crippen molar-refractivity contribution in [2.24, 2.45) is 17.3 Å². The summed E-state index contributed by atoms with van der Waals surface area (Å²) in [6, 6.07) is 15.9. The third-order valence-corrected chi connectivity index (χ3v) is 9.44. The number of hydrogen-bond acceptors (Lipinski definition) is 4. The maximum Gasteiger partial charge on any atom is 0.302 e. The first-order chi connectivity index (χ1) is 15.4. The lowest BCUT2D eigenvalue weighted by Gasteiger charge is -2.49. The molecule has 3 aliphatic rings. The maximum absolute atomic E-state index is 13.8. The molecule has 0 bridgehead atoms. The molecule has 5 heteroatoms. The van der Waals surface area contributed by atoms with E-state index in [2.05, 4.69) is 19.1 Å². The highest BCUT2D eigenvalue weighted by molar-refractivity contribution is 7.94. The maximum atomic E-state index is 13.8. The van der Waals surface area contributed by atoms with E-state index in [-0.39, 0.29) is 23.4 Å². The van der Waals surface area contributed by atoms with E-state index in [0.717, 1.165) is 46.8 Å². The lowest BCUT2D eigenvalue weighted by atomic mass is 9.57. The predicted octanol–water partition coefficient (Wildman–Crippen LogP) is 5.70. The van der Waals surface area contributed by atoms with Crippen LogP contribution in [0.1, 0.15) is 56.6 Å². The third-order valence-electron chi connectivity index (χ3n) is 7.98. The Hall–Kier alpha value is -2.40. The largest absolute Gasteiger partial charge is 0.497 e. The van der Waals surface area contributed by atoms with Gasteiger partial charge < -0.3 is 9.47 Å². The van der Waals surface area contributed by atoms with Gasteiger partial charge in [-0.3, -0.25) is 4.79 Å². The Balaban J connectivity index is 1.60. The fourth-order valence-corrected chi connectivity index (χ4v) is 7.75. The first kappa shape index (κ1) is 21.4. The number of carbonyl (C=O) groups excluding carboxylic acids is 1. The van der Waals surface area contributed by atoms with Crippen LogP contribution >= 0.6 is 0 Å². The van der Waals surface area contributed by atoms with Crippen LogP contribution < -0.4 is 4.74 Å². The molecular weight excluding hydrogens is 420 g/mol. The van der Waals surface area contributed by atoms with E-state index in [0.29, 0.717) is 11.8 Å². The van der Waals surface area contributed by atoms with Gasteiger partial charge in [-0.25, -0.2) is 4.21 Å². The van der Waals surface area contributed by atoms with Crippen LogP contribution in [0.15, 0.2) is 59.5 Å². The first-order valence-corrected chi connectivity index (χ1v) is 12.6. The van der Waals surface area contributed by atoms with Crippen molar-refractivity contribution in [1.29, 1.82) is 0 Å². The number of hydrogen-bond donors (Lipinski definition) is 0. The molecule has 0 saturated heterocycles. The highest BCUT2D eigenvalue weighted by Gasteiger charge is 2.56. The summed E-state index contributed by atoms with van der Waals surface area (Å²) < 4.78 is 25.0. The Kier molecular flexibility index (Phi) is 5.48. The van der Waals surface area contributed by atoms with Gasteiger partial charge in [-0.1, -0.05) is 37.3 Å². The van der Waals surface area contributed by atoms with Crippen molar-refractivity contribution in [2.45, 2.75) is 56.4 Å². The van der Waals surface area contributed by atoms with Gasteiger partial charge in [-0.2, -0.15) is 0 Å². The lowest BCUT2D eigenvalue weighted by molar-refractivity contribution is -0.154. The van der Waals surface area contributed by atoms with Crippen LogP contribution in [-0.4, -0.2) is 23.4 Å². The zero-order valence-electron chi connectivity index (χ0n) is 18.9. The monoisotopic (exact) mass is 450 g/mol. The molecule has 0 heterocycles. The van der Waals surface area contributed by atoms with E-state index in [1.54, 1.807) is 7.11 Å². The molecule has 0 radical (unpaired) electrons. The summed E-state index contributed by atoms with van der Waals surface area (Å²) in [5.41, 5.74) is 2.29. The van der Waals surface area contributed by atoms with E-state index in [4.69, 9.17) is 9.47 Å². The molecule has 0 N–H and O–H groups in total. The van der Waals surface area contributed by atoms with E-state index >= 15 is 0 Å². The Labute approximate surface area is 192 Å². The number of allylic oxidation sites excluding steroid dienone is 1. The molecule has 1 unspecified atom stereocenters. The third kappa shape index (κ3) is 3.42. The number of rotatable bonds is 4. The number of fused-ring (bicyclic) bond motifs is 5. The Morgan fingerprint density at radius 2 is 1.88 bits per heavy atom. The molecular formula is C27H30O4S. The van der Waals surface area contributed by atoms with Crippen LogP contribution in [0.5, 0.6) is 5.75 Å². The number of benzene rings is 2. The van der Waals surface area contributed by atoms with Gasteiger partial charge in [0.2, 0.25) is 0 Å². The summed E-state index contributed by atoms with van der Waals surface area (Å²) in [5.74, 6) is 1.68. The molecule has 168 valence electrons. The second-order valence-corrected chi connectivity index (χ2v) is 11.0. The van der Waals surface area contributed by atoms with Crippen molar-refractivity contribution in [2.75, 3.05) is 7.11 Å². The molecule has 2 fully saturated rings. The normalized spacial score (nSPS) is 31.5. The summed E-state index contributed by atoms with van der Waals surface area (Å²) in [6.07, 6.45) is 6.27. The van der Waals surface area contributed by atoms with Crippen molar-refractivity contribution in [3.63, 3.8) is 0 Å². The SMILES string of the molecule is COc1ccc2c(c1)C(S(=O)c1ccccc1)=C[C@@H]1[C@@H]2CC[C@]2(C)[C@@H](OC(C)=O)CC[C@@H]12. The lowest BCUT2D eigenvalue weighted by Crippen LogP contribution is -2.44. The minimum Gasteiger partial charge on any atom is -0.497 e. The van der Waals surface area contributed by atoms with E-state index in [1.165, 1.54) is 12.5 Å². The average molecular weight is 451 g/mol. The molecule has 3 aliphatic carbocycles. The molecule has 2 aromatic rings. The number of esters is 1. The van der Waals surface area contributed by atoms with E-state index in [1.807, 2.05) is 42.5 Å². The molecule has 32 heavy (non-hydrogen) atoms. The predicted molar refractivity (Wildman–Crippen MR) is 126 cm³/mol. The molecule has 2 saturated carbocycles. The molecule has 0 aromatic heterocycles. The minimum atomic E-state index is -1.28. The van der Waals surface area contributed by atoms with Crippen LogP contribution in [0.2, 0.25) is 0 Å². The van der Waals surface area contributed by atoms with Crippen molar-refractivity contribution in [3.05, 3.63) is 65.7 Å². The second kappa shape index (κ2) is 8.18. The molecule has 5 rings (SSSR count). The van der Waals surface area contributed by atoms with Gasteiger partial charge in [-0.05, 0) is 78.8 Å². The van der Waals surface area contributed by atoms with Crippen LogP contribution in [0.3, 0.4) is 0 Å². The zero-order valence-corrected chi connectivity index (χ0v) is 19.7. The standard InChI is InChI=1S/C27H30O4S/c1-17(28)31-26-12-11-24-22-16-25(32(29)19-7-5-4-6-8-19)23-15-18(30-3)9-10-20(23)21(22)13-14-27(24,26)2/h4-10,15-16,21-22,24,26H,11-14H2,1-3H3/t21-,22-,24+,26+,27+,32?/m1/s1. The number of methoxy groups -OCH3 is 1. The average Bonchev–Trinajstić information content (AvgIpc) is 3.13. The van der Waals surface area contributed by atoms with Crippen LogP contribution in [0.4, 0.5) is 0 Å². The Bertz CT molecular complexity index is 1090. The van der Waals surface area contributed by atoms with Gasteiger partial charge >= 0.3 is 5.97 Å². The molecule has 0 spiro atoms. The van der Waals surface area contributed by atoms with Gasteiger partial charge in [-0.15, -0.1) is 0 Å². The topological polar surface area (TPSA) is 52.6 Å². The van der Waals surface area contributed by atoms with Crippen LogP contribution in [-0.2, 0) is 20.3 Å². The smallest absolute Gasteiger partial charge is 0.302 e. The molecule has 2 aromatic carbocycles. The van der Waals surface area contributed by atoms with E-state index in [9.17, 15) is 9.00 Å². The van der Waals surface area contributed by atoms with Gasteiger partial charge in [0.1, 0.15) is 11.9 Å². The van der Waals surface area contributed by atoms with Gasteiger partial charge in [0, 0.05) is 22.1 Å². The number of ether oxygens (including phenoxy) is 2. The summed E-state index contributed by atoms with van der Waals surface area (Å²) in [7, 11) is 0.396. The summed E-state index contributed by atoms with van der Waals surface area (Å²) in [5, 5.41) is 0. The fourth-order valence-electron chi connectivity index (χ4n) is 6.43. The highest BCUT2D eigenvalue weighted by Crippen LogP contribution is 2.62. The van der Waals surface area contributed by atoms with Crippen molar-refractivity contribution < 1.29 is 18.5 Å². The summed E-state index contributed by atoms with van der Waals surface area (Å²) in [4.78, 5) is 13.4. The van der Waals surface area contributed by atoms with Crippen molar-refractivity contribution in [3.8, 4) is 5.75 Å². The zero-order chi connectivity index (χ0) is 22.5. The van der Waals surface area contributed by atoms with Crippen molar-refractivity contribution in [1.82, 2.24) is 0 Å². The molecule has 4 nitrogen and oxygen atoms in total. The Morgan fingerprint density at radius 1 is 1.09 bits per heavy atom. The second-order valence-electron chi connectivity index (χ2n) is 9.58. The summed E-state index contributed by atoms with van der Waals surface area (Å²) >= 11 is 0. The van der Waals surface area contributed by atoms with E-state index < -0.39 is 10.8 Å². The quantitative estimate of drug-likeness (QED) is 0.561. The number of carbonyl (C=O) groups is 1. The summed E-state index contributed by atoms with van der Waals surface area (Å²) in [6.45, 7) is 3.80. The van der Waals surface area contributed by atoms with Crippen LogP contribution in [0, 0.1) is 17.3 Å². The fraction of sp³-hybridized carbons (Fsp3) is 0.444. The van der Waals surface area contributed by atoms with Gasteiger partial charge in [0.05, 0.1) is 17.9 Å². The minimum absolute atomic E-state index is 0.0281. The van der Waals surface area contributed by atoms with Crippen molar-refractivity contribution >= 4 is 21.7 Å². The Morgan fingerprint density at radius 3 is 2.59 bits per heavy atom. The van der Waals surface area contributed by atoms with Gasteiger partial charge in [0.25, 0.3) is 0 Å². The molecule has 6 atom stereocenters. The highest BCUT2D eigenvalue weighted by atomic mass is 32.2. The molecule has 0 amide bonds.